The van der Waals surface area contributed by atoms with Crippen molar-refractivity contribution in [1.82, 2.24) is 9.62 Å². The van der Waals surface area contributed by atoms with Gasteiger partial charge in [0, 0.05) is 44.8 Å². The number of piperazine rings is 1. The Morgan fingerprint density at radius 2 is 1.70 bits per heavy atom. The van der Waals surface area contributed by atoms with Crippen LogP contribution in [0.5, 0.6) is 5.75 Å². The maximum Gasteiger partial charge on any atom is 0.220 e. The third-order valence-corrected chi connectivity index (χ3v) is 6.31. The maximum atomic E-state index is 12.5. The molecule has 1 aromatic carbocycles. The molecule has 1 amide bonds. The first-order chi connectivity index (χ1) is 12.6. The van der Waals surface area contributed by atoms with Crippen molar-refractivity contribution in [3.63, 3.8) is 0 Å². The molecule has 0 radical (unpaired) electrons. The number of hydrogen-bond donors (Lipinski definition) is 1. The van der Waals surface area contributed by atoms with Gasteiger partial charge in [0.2, 0.25) is 15.9 Å². The van der Waals surface area contributed by atoms with Gasteiger partial charge in [0.15, 0.2) is 0 Å². The Kier molecular flexibility index (Phi) is 7.11. The number of anilines is 1. The molecule has 1 heterocycles. The minimum Gasteiger partial charge on any atom is -0.497 e. The van der Waals surface area contributed by atoms with Crippen LogP contribution in [0.1, 0.15) is 27.2 Å². The van der Waals surface area contributed by atoms with Gasteiger partial charge in [-0.15, -0.1) is 0 Å². The Morgan fingerprint density at radius 3 is 2.22 bits per heavy atom. The summed E-state index contributed by atoms with van der Waals surface area (Å²) in [7, 11) is -1.74. The van der Waals surface area contributed by atoms with E-state index in [1.54, 1.807) is 7.11 Å². The monoisotopic (exact) mass is 397 g/mol. The summed E-state index contributed by atoms with van der Waals surface area (Å²) in [5.74, 6) is 0.626. The van der Waals surface area contributed by atoms with E-state index in [1.807, 2.05) is 45.0 Å². The lowest BCUT2D eigenvalue weighted by atomic mass is 9.92. The molecule has 0 atom stereocenters. The molecule has 0 bridgehead atoms. The van der Waals surface area contributed by atoms with Gasteiger partial charge in [0.25, 0.3) is 0 Å². The molecule has 0 aliphatic carbocycles. The lowest BCUT2D eigenvalue weighted by Gasteiger charge is -2.35. The molecular formula is C19H31N3O4S. The first kappa shape index (κ1) is 21.5. The Bertz CT molecular complexity index is 718. The number of amides is 1. The van der Waals surface area contributed by atoms with Gasteiger partial charge in [-0.05, 0) is 29.7 Å². The number of ether oxygens (including phenoxy) is 1. The van der Waals surface area contributed by atoms with Crippen molar-refractivity contribution in [1.29, 1.82) is 0 Å². The van der Waals surface area contributed by atoms with Crippen LogP contribution in [-0.4, -0.2) is 64.2 Å². The quantitative estimate of drug-likeness (QED) is 0.758. The predicted octanol–water partition coefficient (Wildman–Crippen LogP) is 1.70. The molecule has 1 fully saturated rings. The zero-order valence-electron chi connectivity index (χ0n) is 16.7. The summed E-state index contributed by atoms with van der Waals surface area (Å²) >= 11 is 0. The molecule has 1 aromatic rings. The SMILES string of the molecule is COc1ccc(N2CCN(S(=O)(=O)CCNC(=O)CC(C)(C)C)CC2)cc1. The lowest BCUT2D eigenvalue weighted by molar-refractivity contribution is -0.122. The number of hydrogen-bond acceptors (Lipinski definition) is 5. The van der Waals surface area contributed by atoms with Crippen LogP contribution in [0, 0.1) is 5.41 Å². The molecule has 0 unspecified atom stereocenters. The van der Waals surface area contributed by atoms with Crippen molar-refractivity contribution in [3.8, 4) is 5.75 Å². The van der Waals surface area contributed by atoms with E-state index in [1.165, 1.54) is 4.31 Å². The molecule has 0 saturated carbocycles. The first-order valence-electron chi connectivity index (χ1n) is 9.24. The van der Waals surface area contributed by atoms with Gasteiger partial charge in [0.05, 0.1) is 12.9 Å². The fraction of sp³-hybridized carbons (Fsp3) is 0.632. The third kappa shape index (κ3) is 6.70. The van der Waals surface area contributed by atoms with Gasteiger partial charge in [-0.25, -0.2) is 8.42 Å². The molecule has 152 valence electrons. The predicted molar refractivity (Wildman–Crippen MR) is 108 cm³/mol. The molecule has 1 N–H and O–H groups in total. The Balaban J connectivity index is 1.80. The van der Waals surface area contributed by atoms with E-state index < -0.39 is 10.0 Å². The van der Waals surface area contributed by atoms with Crippen LogP contribution in [0.4, 0.5) is 5.69 Å². The number of rotatable bonds is 7. The molecule has 1 aliphatic heterocycles. The molecule has 2 rings (SSSR count). The summed E-state index contributed by atoms with van der Waals surface area (Å²) in [6, 6.07) is 7.76. The normalized spacial score (nSPS) is 16.2. The molecule has 8 heteroatoms. The van der Waals surface area contributed by atoms with Crippen molar-refractivity contribution in [2.24, 2.45) is 5.41 Å². The van der Waals surface area contributed by atoms with Crippen LogP contribution in [0.15, 0.2) is 24.3 Å². The third-order valence-electron chi connectivity index (χ3n) is 4.44. The standard InChI is InChI=1S/C19H31N3O4S/c1-19(2,3)15-18(23)20-9-14-27(24,25)22-12-10-21(11-13-22)16-5-7-17(26-4)8-6-16/h5-8H,9-15H2,1-4H3,(H,20,23). The van der Waals surface area contributed by atoms with E-state index in [9.17, 15) is 13.2 Å². The van der Waals surface area contributed by atoms with E-state index in [-0.39, 0.29) is 23.6 Å². The highest BCUT2D eigenvalue weighted by molar-refractivity contribution is 7.89. The summed E-state index contributed by atoms with van der Waals surface area (Å²) < 4.78 is 31.7. The summed E-state index contributed by atoms with van der Waals surface area (Å²) in [6.07, 6.45) is 0.383. The highest BCUT2D eigenvalue weighted by Gasteiger charge is 2.27. The van der Waals surface area contributed by atoms with Crippen molar-refractivity contribution in [2.45, 2.75) is 27.2 Å². The molecule has 1 saturated heterocycles. The largest absolute Gasteiger partial charge is 0.497 e. The van der Waals surface area contributed by atoms with Crippen LogP contribution in [0.25, 0.3) is 0 Å². The van der Waals surface area contributed by atoms with Crippen molar-refractivity contribution >= 4 is 21.6 Å². The molecule has 27 heavy (non-hydrogen) atoms. The number of nitrogens with zero attached hydrogens (tertiary/aromatic N) is 2. The average Bonchev–Trinajstić information content (AvgIpc) is 2.60. The fourth-order valence-electron chi connectivity index (χ4n) is 3.01. The molecule has 0 aromatic heterocycles. The zero-order valence-corrected chi connectivity index (χ0v) is 17.5. The lowest BCUT2D eigenvalue weighted by Crippen LogP contribution is -2.50. The zero-order chi connectivity index (χ0) is 20.1. The second kappa shape index (κ2) is 8.93. The van der Waals surface area contributed by atoms with E-state index in [0.29, 0.717) is 32.6 Å². The van der Waals surface area contributed by atoms with Gasteiger partial charge < -0.3 is 15.0 Å². The number of carbonyl (C=O) groups excluding carboxylic acids is 1. The number of nitrogens with one attached hydrogen (secondary N) is 1. The van der Waals surface area contributed by atoms with Crippen LogP contribution in [0.3, 0.4) is 0 Å². The fourth-order valence-corrected chi connectivity index (χ4v) is 4.35. The van der Waals surface area contributed by atoms with Crippen LogP contribution in [-0.2, 0) is 14.8 Å². The first-order valence-corrected chi connectivity index (χ1v) is 10.9. The Morgan fingerprint density at radius 1 is 1.11 bits per heavy atom. The number of carbonyl (C=O) groups is 1. The van der Waals surface area contributed by atoms with Crippen LogP contribution >= 0.6 is 0 Å². The molecule has 7 nitrogen and oxygen atoms in total. The Labute approximate surface area is 162 Å². The smallest absolute Gasteiger partial charge is 0.220 e. The molecular weight excluding hydrogens is 366 g/mol. The minimum absolute atomic E-state index is 0.0641. The summed E-state index contributed by atoms with van der Waals surface area (Å²) in [6.45, 7) is 8.26. The minimum atomic E-state index is -3.37. The number of sulfonamides is 1. The summed E-state index contributed by atoms with van der Waals surface area (Å²) in [5, 5.41) is 2.71. The van der Waals surface area contributed by atoms with Gasteiger partial charge in [-0.3, -0.25) is 4.79 Å². The molecule has 0 spiro atoms. The second-order valence-electron chi connectivity index (χ2n) is 7.99. The van der Waals surface area contributed by atoms with Crippen LogP contribution in [0.2, 0.25) is 0 Å². The highest BCUT2D eigenvalue weighted by Crippen LogP contribution is 2.21. The average molecular weight is 398 g/mol. The summed E-state index contributed by atoms with van der Waals surface area (Å²) in [4.78, 5) is 14.0. The number of methoxy groups -OCH3 is 1. The van der Waals surface area contributed by atoms with E-state index in [2.05, 4.69) is 10.2 Å². The van der Waals surface area contributed by atoms with Crippen LogP contribution < -0.4 is 15.0 Å². The molecule has 1 aliphatic rings. The number of benzene rings is 1. The van der Waals surface area contributed by atoms with E-state index in [0.717, 1.165) is 11.4 Å². The van der Waals surface area contributed by atoms with Crippen molar-refractivity contribution in [2.75, 3.05) is 50.5 Å². The second-order valence-corrected chi connectivity index (χ2v) is 10.1. The van der Waals surface area contributed by atoms with Gasteiger partial charge in [-0.1, -0.05) is 20.8 Å². The van der Waals surface area contributed by atoms with Gasteiger partial charge >= 0.3 is 0 Å². The van der Waals surface area contributed by atoms with Crippen molar-refractivity contribution < 1.29 is 17.9 Å². The topological polar surface area (TPSA) is 79.0 Å². The van der Waals surface area contributed by atoms with E-state index >= 15 is 0 Å². The van der Waals surface area contributed by atoms with E-state index in [4.69, 9.17) is 4.74 Å². The Hall–Kier alpha value is -1.80. The van der Waals surface area contributed by atoms with Gasteiger partial charge in [0.1, 0.15) is 5.75 Å². The maximum absolute atomic E-state index is 12.5. The van der Waals surface area contributed by atoms with Crippen molar-refractivity contribution in [3.05, 3.63) is 24.3 Å². The highest BCUT2D eigenvalue weighted by atomic mass is 32.2. The summed E-state index contributed by atoms with van der Waals surface area (Å²) in [5.41, 5.74) is 0.947. The van der Waals surface area contributed by atoms with Gasteiger partial charge in [-0.2, -0.15) is 4.31 Å².